The van der Waals surface area contributed by atoms with Crippen LogP contribution < -0.4 is 5.32 Å². The Morgan fingerprint density at radius 2 is 2.12 bits per heavy atom. The second kappa shape index (κ2) is 4.60. The number of hydrogen-bond acceptors (Lipinski definition) is 3. The van der Waals surface area contributed by atoms with Crippen molar-refractivity contribution in [2.24, 2.45) is 5.92 Å². The lowest BCUT2D eigenvalue weighted by atomic mass is 10.3. The normalized spacial score (nSPS) is 28.6. The highest BCUT2D eigenvalue weighted by molar-refractivity contribution is 7.86. The van der Waals surface area contributed by atoms with Gasteiger partial charge in [0.1, 0.15) is 0 Å². The third kappa shape index (κ3) is 2.56. The number of hydrogen-bond donors (Lipinski definition) is 1. The topological polar surface area (TPSA) is 52.7 Å². The summed E-state index contributed by atoms with van der Waals surface area (Å²) in [6.45, 7) is 4.71. The van der Waals surface area contributed by atoms with Crippen molar-refractivity contribution in [1.82, 2.24) is 13.9 Å². The van der Waals surface area contributed by atoms with Gasteiger partial charge in [-0.05, 0) is 25.7 Å². The summed E-state index contributed by atoms with van der Waals surface area (Å²) in [7, 11) is -1.54. The highest BCUT2D eigenvalue weighted by Gasteiger charge is 2.35. The molecule has 0 aromatic rings. The zero-order chi connectivity index (χ0) is 11.8. The van der Waals surface area contributed by atoms with Gasteiger partial charge in [0.25, 0.3) is 10.2 Å². The van der Waals surface area contributed by atoms with Crippen LogP contribution in [0.4, 0.5) is 0 Å². The van der Waals surface area contributed by atoms with Gasteiger partial charge in [0.05, 0.1) is 0 Å². The van der Waals surface area contributed by atoms with Crippen molar-refractivity contribution in [3.05, 3.63) is 0 Å². The average molecular weight is 247 g/mol. The minimum atomic E-state index is -3.24. The minimum Gasteiger partial charge on any atom is -0.314 e. The van der Waals surface area contributed by atoms with E-state index in [2.05, 4.69) is 5.32 Å². The molecule has 1 atom stereocenters. The second-order valence-corrected chi connectivity index (χ2v) is 6.88. The fourth-order valence-corrected chi connectivity index (χ4v) is 3.71. The summed E-state index contributed by atoms with van der Waals surface area (Å²) in [6, 6.07) is 0.0559. The molecule has 6 heteroatoms. The predicted molar refractivity (Wildman–Crippen MR) is 63.3 cm³/mol. The molecular weight excluding hydrogens is 226 g/mol. The largest absolute Gasteiger partial charge is 0.314 e. The van der Waals surface area contributed by atoms with Crippen LogP contribution in [-0.2, 0) is 10.2 Å². The van der Waals surface area contributed by atoms with Gasteiger partial charge < -0.3 is 5.32 Å². The van der Waals surface area contributed by atoms with Crippen molar-refractivity contribution in [3.63, 3.8) is 0 Å². The monoisotopic (exact) mass is 247 g/mol. The molecule has 2 aliphatic rings. The lowest BCUT2D eigenvalue weighted by molar-refractivity contribution is 0.262. The van der Waals surface area contributed by atoms with Gasteiger partial charge in [-0.25, -0.2) is 0 Å². The Kier molecular flexibility index (Phi) is 3.53. The van der Waals surface area contributed by atoms with Gasteiger partial charge >= 0.3 is 0 Å². The first-order chi connectivity index (χ1) is 7.51. The maximum absolute atomic E-state index is 12.3. The van der Waals surface area contributed by atoms with E-state index in [1.165, 1.54) is 17.1 Å². The van der Waals surface area contributed by atoms with Crippen LogP contribution in [0.25, 0.3) is 0 Å². The van der Waals surface area contributed by atoms with Gasteiger partial charge in [0, 0.05) is 39.3 Å². The molecule has 2 fully saturated rings. The van der Waals surface area contributed by atoms with E-state index in [4.69, 9.17) is 0 Å². The molecule has 1 aliphatic carbocycles. The van der Waals surface area contributed by atoms with Crippen molar-refractivity contribution >= 4 is 10.2 Å². The van der Waals surface area contributed by atoms with Crippen molar-refractivity contribution in [3.8, 4) is 0 Å². The van der Waals surface area contributed by atoms with E-state index in [0.717, 1.165) is 13.1 Å². The fourth-order valence-electron chi connectivity index (χ4n) is 2.10. The number of rotatable bonds is 4. The van der Waals surface area contributed by atoms with E-state index in [1.807, 2.05) is 6.92 Å². The third-order valence-electron chi connectivity index (χ3n) is 3.34. The van der Waals surface area contributed by atoms with Crippen molar-refractivity contribution < 1.29 is 8.42 Å². The summed E-state index contributed by atoms with van der Waals surface area (Å²) < 4.78 is 27.7. The highest BCUT2D eigenvalue weighted by atomic mass is 32.2. The lowest BCUT2D eigenvalue weighted by Gasteiger charge is -2.35. The molecule has 1 unspecified atom stereocenters. The van der Waals surface area contributed by atoms with Gasteiger partial charge in [-0.3, -0.25) is 0 Å². The molecule has 0 bridgehead atoms. The molecule has 0 radical (unpaired) electrons. The predicted octanol–water partition coefficient (Wildman–Crippen LogP) is -0.133. The molecule has 1 heterocycles. The van der Waals surface area contributed by atoms with Crippen molar-refractivity contribution in [1.29, 1.82) is 0 Å². The third-order valence-corrected chi connectivity index (χ3v) is 5.41. The minimum absolute atomic E-state index is 0.0559. The molecule has 94 valence electrons. The SMILES string of the molecule is CC1CNCCN1S(=O)(=O)N(C)CC1CC1. The Labute approximate surface area is 98.0 Å². The second-order valence-electron chi connectivity index (χ2n) is 4.90. The van der Waals surface area contributed by atoms with Gasteiger partial charge in [0.15, 0.2) is 0 Å². The molecule has 0 aromatic heterocycles. The van der Waals surface area contributed by atoms with Crippen LogP contribution in [-0.4, -0.2) is 56.3 Å². The first kappa shape index (κ1) is 12.3. The molecule has 16 heavy (non-hydrogen) atoms. The molecule has 5 nitrogen and oxygen atoms in total. The summed E-state index contributed by atoms with van der Waals surface area (Å²) >= 11 is 0. The smallest absolute Gasteiger partial charge is 0.282 e. The maximum atomic E-state index is 12.3. The Morgan fingerprint density at radius 1 is 1.44 bits per heavy atom. The molecule has 2 rings (SSSR count). The van der Waals surface area contributed by atoms with Gasteiger partial charge in [-0.2, -0.15) is 17.0 Å². The number of piperazine rings is 1. The van der Waals surface area contributed by atoms with Crippen molar-refractivity contribution in [2.45, 2.75) is 25.8 Å². The molecule has 0 spiro atoms. The Balaban J connectivity index is 2.03. The molecule has 1 saturated carbocycles. The van der Waals surface area contributed by atoms with Crippen LogP contribution in [0.15, 0.2) is 0 Å². The standard InChI is InChI=1S/C10H21N3O2S/c1-9-7-11-5-6-13(9)16(14,15)12(2)8-10-3-4-10/h9-11H,3-8H2,1-2H3. The fraction of sp³-hybridized carbons (Fsp3) is 1.00. The first-order valence-electron chi connectivity index (χ1n) is 5.95. The Morgan fingerprint density at radius 3 is 2.69 bits per heavy atom. The molecular formula is C10H21N3O2S. The van der Waals surface area contributed by atoms with E-state index >= 15 is 0 Å². The van der Waals surface area contributed by atoms with Gasteiger partial charge in [-0.1, -0.05) is 0 Å². The van der Waals surface area contributed by atoms with Crippen LogP contribution in [0.3, 0.4) is 0 Å². The highest BCUT2D eigenvalue weighted by Crippen LogP contribution is 2.30. The summed E-state index contributed by atoms with van der Waals surface area (Å²) in [5.41, 5.74) is 0. The van der Waals surface area contributed by atoms with Crippen LogP contribution in [0, 0.1) is 5.92 Å². The quantitative estimate of drug-likeness (QED) is 0.753. The van der Waals surface area contributed by atoms with E-state index in [0.29, 0.717) is 19.0 Å². The summed E-state index contributed by atoms with van der Waals surface area (Å²) in [5, 5.41) is 3.20. The van der Waals surface area contributed by atoms with E-state index in [9.17, 15) is 8.42 Å². The molecule has 0 aromatic carbocycles. The summed E-state index contributed by atoms with van der Waals surface area (Å²) in [6.07, 6.45) is 2.36. The first-order valence-corrected chi connectivity index (χ1v) is 7.35. The Bertz CT molecular complexity index is 340. The zero-order valence-corrected chi connectivity index (χ0v) is 10.8. The lowest BCUT2D eigenvalue weighted by Crippen LogP contribution is -2.55. The van der Waals surface area contributed by atoms with Gasteiger partial charge in [-0.15, -0.1) is 0 Å². The van der Waals surface area contributed by atoms with Crippen LogP contribution in [0.5, 0.6) is 0 Å². The Hall–Kier alpha value is -0.170. The van der Waals surface area contributed by atoms with Crippen molar-refractivity contribution in [2.75, 3.05) is 33.2 Å². The van der Waals surface area contributed by atoms with Crippen LogP contribution in [0.2, 0.25) is 0 Å². The van der Waals surface area contributed by atoms with Crippen LogP contribution >= 0.6 is 0 Å². The zero-order valence-electron chi connectivity index (χ0n) is 10.0. The number of nitrogens with zero attached hydrogens (tertiary/aromatic N) is 2. The number of nitrogens with one attached hydrogen (secondary N) is 1. The van der Waals surface area contributed by atoms with E-state index in [1.54, 1.807) is 11.4 Å². The molecule has 0 amide bonds. The molecule has 1 aliphatic heterocycles. The molecule has 1 N–H and O–H groups in total. The van der Waals surface area contributed by atoms with Gasteiger partial charge in [0.2, 0.25) is 0 Å². The molecule has 1 saturated heterocycles. The summed E-state index contributed by atoms with van der Waals surface area (Å²) in [4.78, 5) is 0. The van der Waals surface area contributed by atoms with E-state index in [-0.39, 0.29) is 6.04 Å². The van der Waals surface area contributed by atoms with Crippen LogP contribution in [0.1, 0.15) is 19.8 Å². The summed E-state index contributed by atoms with van der Waals surface area (Å²) in [5.74, 6) is 0.595. The maximum Gasteiger partial charge on any atom is 0.282 e. The van der Waals surface area contributed by atoms with E-state index < -0.39 is 10.2 Å². The average Bonchev–Trinajstić information content (AvgIpc) is 3.02.